The highest BCUT2D eigenvalue weighted by molar-refractivity contribution is 5.86. The second-order valence-corrected chi connectivity index (χ2v) is 4.94. The van der Waals surface area contributed by atoms with Gasteiger partial charge < -0.3 is 10.5 Å². The van der Waals surface area contributed by atoms with E-state index in [0.29, 0.717) is 13.2 Å². The molecule has 1 saturated heterocycles. The van der Waals surface area contributed by atoms with E-state index in [1.54, 1.807) is 0 Å². The summed E-state index contributed by atoms with van der Waals surface area (Å²) in [5.74, 6) is -0.262. The Labute approximate surface area is 114 Å². The van der Waals surface area contributed by atoms with Gasteiger partial charge in [-0.15, -0.1) is 0 Å². The lowest BCUT2D eigenvalue weighted by Gasteiger charge is -2.43. The van der Waals surface area contributed by atoms with E-state index < -0.39 is 5.54 Å². The number of primary amides is 1. The summed E-state index contributed by atoms with van der Waals surface area (Å²) in [6.07, 6.45) is 1.65. The van der Waals surface area contributed by atoms with Crippen molar-refractivity contribution in [3.05, 3.63) is 35.9 Å². The van der Waals surface area contributed by atoms with Gasteiger partial charge in [0, 0.05) is 13.1 Å². The number of rotatable bonds is 5. The Morgan fingerprint density at radius 1 is 1.32 bits per heavy atom. The normalized spacial score (nSPS) is 19.8. The van der Waals surface area contributed by atoms with Gasteiger partial charge in [0.2, 0.25) is 5.91 Å². The van der Waals surface area contributed by atoms with Crippen LogP contribution in [0.3, 0.4) is 0 Å². The molecule has 1 unspecified atom stereocenters. The van der Waals surface area contributed by atoms with E-state index in [1.165, 1.54) is 0 Å². The molecule has 1 aromatic rings. The zero-order chi connectivity index (χ0) is 13.7. The molecule has 0 spiro atoms. The van der Waals surface area contributed by atoms with E-state index in [4.69, 9.17) is 10.5 Å². The number of hydrogen-bond donors (Lipinski definition) is 1. The molecule has 1 aromatic carbocycles. The van der Waals surface area contributed by atoms with Crippen LogP contribution in [-0.2, 0) is 15.1 Å². The molecule has 1 atom stereocenters. The van der Waals surface area contributed by atoms with Gasteiger partial charge in [-0.2, -0.15) is 0 Å². The van der Waals surface area contributed by atoms with Gasteiger partial charge in [0.15, 0.2) is 0 Å². The first-order valence-electron chi connectivity index (χ1n) is 6.90. The second kappa shape index (κ2) is 6.17. The first-order valence-corrected chi connectivity index (χ1v) is 6.90. The topological polar surface area (TPSA) is 55.6 Å². The summed E-state index contributed by atoms with van der Waals surface area (Å²) >= 11 is 0. The first kappa shape index (κ1) is 14.0. The van der Waals surface area contributed by atoms with E-state index in [-0.39, 0.29) is 5.91 Å². The monoisotopic (exact) mass is 262 g/mol. The summed E-state index contributed by atoms with van der Waals surface area (Å²) in [4.78, 5) is 14.4. The third-order valence-electron chi connectivity index (χ3n) is 3.82. The number of hydrogen-bond acceptors (Lipinski definition) is 3. The summed E-state index contributed by atoms with van der Waals surface area (Å²) in [5, 5.41) is 0. The van der Waals surface area contributed by atoms with Crippen molar-refractivity contribution in [1.82, 2.24) is 4.90 Å². The summed E-state index contributed by atoms with van der Waals surface area (Å²) in [5.41, 5.74) is 6.10. The zero-order valence-electron chi connectivity index (χ0n) is 11.5. The fourth-order valence-electron chi connectivity index (χ4n) is 2.93. The average Bonchev–Trinajstić information content (AvgIpc) is 2.46. The smallest absolute Gasteiger partial charge is 0.242 e. The highest BCUT2D eigenvalue weighted by atomic mass is 16.5. The van der Waals surface area contributed by atoms with Crippen LogP contribution >= 0.6 is 0 Å². The molecular formula is C15H22N2O2. The summed E-state index contributed by atoms with van der Waals surface area (Å²) in [6.45, 7) is 4.90. The molecule has 0 aromatic heterocycles. The van der Waals surface area contributed by atoms with Gasteiger partial charge in [-0.1, -0.05) is 43.7 Å². The summed E-state index contributed by atoms with van der Waals surface area (Å²) in [6, 6.07) is 9.87. The van der Waals surface area contributed by atoms with Gasteiger partial charge in [0.1, 0.15) is 5.54 Å². The molecule has 19 heavy (non-hydrogen) atoms. The van der Waals surface area contributed by atoms with Gasteiger partial charge in [0.05, 0.1) is 13.2 Å². The molecule has 2 rings (SSSR count). The molecule has 1 fully saturated rings. The predicted molar refractivity (Wildman–Crippen MR) is 74.6 cm³/mol. The van der Waals surface area contributed by atoms with Crippen LogP contribution in [0.25, 0.3) is 0 Å². The Morgan fingerprint density at radius 3 is 2.47 bits per heavy atom. The predicted octanol–water partition coefficient (Wildman–Crippen LogP) is 1.50. The molecule has 104 valence electrons. The Kier molecular flexibility index (Phi) is 4.56. The Balaban J connectivity index is 2.43. The molecule has 2 N–H and O–H groups in total. The fourth-order valence-corrected chi connectivity index (χ4v) is 2.93. The lowest BCUT2D eigenvalue weighted by Crippen LogP contribution is -2.58. The number of nitrogens with zero attached hydrogens (tertiary/aromatic N) is 1. The molecule has 1 heterocycles. The van der Waals surface area contributed by atoms with Crippen molar-refractivity contribution in [2.75, 3.05) is 26.3 Å². The van der Waals surface area contributed by atoms with Crippen LogP contribution in [0.15, 0.2) is 30.3 Å². The van der Waals surface area contributed by atoms with Crippen LogP contribution in [0.5, 0.6) is 0 Å². The van der Waals surface area contributed by atoms with Crippen molar-refractivity contribution in [3.8, 4) is 0 Å². The fraction of sp³-hybridized carbons (Fsp3) is 0.533. The van der Waals surface area contributed by atoms with Gasteiger partial charge in [-0.05, 0) is 12.0 Å². The third-order valence-corrected chi connectivity index (χ3v) is 3.82. The molecule has 0 saturated carbocycles. The lowest BCUT2D eigenvalue weighted by atomic mass is 9.82. The Morgan fingerprint density at radius 2 is 1.95 bits per heavy atom. The van der Waals surface area contributed by atoms with Crippen molar-refractivity contribution in [2.45, 2.75) is 25.3 Å². The Bertz CT molecular complexity index is 415. The van der Waals surface area contributed by atoms with Crippen molar-refractivity contribution in [2.24, 2.45) is 5.73 Å². The molecule has 4 heteroatoms. The van der Waals surface area contributed by atoms with Crippen molar-refractivity contribution in [3.63, 3.8) is 0 Å². The van der Waals surface area contributed by atoms with Crippen molar-refractivity contribution >= 4 is 5.91 Å². The number of carbonyl (C=O) groups excluding carboxylic acids is 1. The minimum absolute atomic E-state index is 0.262. The van der Waals surface area contributed by atoms with E-state index in [2.05, 4.69) is 11.8 Å². The van der Waals surface area contributed by atoms with Gasteiger partial charge in [0.25, 0.3) is 0 Å². The van der Waals surface area contributed by atoms with E-state index >= 15 is 0 Å². The van der Waals surface area contributed by atoms with Crippen molar-refractivity contribution < 1.29 is 9.53 Å². The Hall–Kier alpha value is -1.39. The number of morpholine rings is 1. The average molecular weight is 262 g/mol. The second-order valence-electron chi connectivity index (χ2n) is 4.94. The number of benzene rings is 1. The molecule has 1 amide bonds. The lowest BCUT2D eigenvalue weighted by molar-refractivity contribution is -0.135. The zero-order valence-corrected chi connectivity index (χ0v) is 11.5. The SMILES string of the molecule is CCCC(C(N)=O)(c1ccccc1)N1CCOCC1. The third kappa shape index (κ3) is 2.65. The van der Waals surface area contributed by atoms with E-state index in [0.717, 1.165) is 31.5 Å². The van der Waals surface area contributed by atoms with E-state index in [1.807, 2.05) is 30.3 Å². The van der Waals surface area contributed by atoms with Crippen LogP contribution in [-0.4, -0.2) is 37.1 Å². The minimum atomic E-state index is -0.695. The maximum absolute atomic E-state index is 12.3. The molecule has 0 aliphatic carbocycles. The van der Waals surface area contributed by atoms with Crippen molar-refractivity contribution in [1.29, 1.82) is 0 Å². The molecule has 0 bridgehead atoms. The van der Waals surface area contributed by atoms with Gasteiger partial charge >= 0.3 is 0 Å². The van der Waals surface area contributed by atoms with Gasteiger partial charge in [-0.25, -0.2) is 0 Å². The minimum Gasteiger partial charge on any atom is -0.379 e. The first-order chi connectivity index (χ1) is 9.21. The largest absolute Gasteiger partial charge is 0.379 e. The number of amides is 1. The number of ether oxygens (including phenoxy) is 1. The van der Waals surface area contributed by atoms with E-state index in [9.17, 15) is 4.79 Å². The van der Waals surface area contributed by atoms with Crippen LogP contribution in [0, 0.1) is 0 Å². The molecule has 1 aliphatic rings. The van der Waals surface area contributed by atoms with Crippen LogP contribution in [0.2, 0.25) is 0 Å². The molecule has 4 nitrogen and oxygen atoms in total. The molecule has 0 radical (unpaired) electrons. The maximum Gasteiger partial charge on any atom is 0.242 e. The summed E-state index contributed by atoms with van der Waals surface area (Å²) < 4.78 is 5.39. The number of nitrogens with two attached hydrogens (primary N) is 1. The summed E-state index contributed by atoms with van der Waals surface area (Å²) in [7, 11) is 0. The maximum atomic E-state index is 12.3. The molecular weight excluding hydrogens is 240 g/mol. The molecule has 1 aliphatic heterocycles. The highest BCUT2D eigenvalue weighted by Gasteiger charge is 2.43. The van der Waals surface area contributed by atoms with Gasteiger partial charge in [-0.3, -0.25) is 9.69 Å². The number of carbonyl (C=O) groups is 1. The quantitative estimate of drug-likeness (QED) is 0.875. The highest BCUT2D eigenvalue weighted by Crippen LogP contribution is 2.34. The standard InChI is InChI=1S/C15H22N2O2/c1-2-8-15(14(16)18,13-6-4-3-5-7-13)17-9-11-19-12-10-17/h3-7H,2,8-12H2,1H3,(H2,16,18). The van der Waals surface area contributed by atoms with Crippen LogP contribution in [0.1, 0.15) is 25.3 Å². The van der Waals surface area contributed by atoms with Crippen LogP contribution < -0.4 is 5.73 Å². The van der Waals surface area contributed by atoms with Crippen LogP contribution in [0.4, 0.5) is 0 Å².